The molecular formula is C13H15Cl2N5OS. The van der Waals surface area contributed by atoms with E-state index in [2.05, 4.69) is 15.5 Å². The van der Waals surface area contributed by atoms with Crippen LogP contribution in [-0.2, 0) is 11.2 Å². The number of nitrogens with two attached hydrogens (primary N) is 1. The third-order valence-corrected chi connectivity index (χ3v) is 4.25. The Morgan fingerprint density at radius 3 is 2.91 bits per heavy atom. The van der Waals surface area contributed by atoms with Crippen LogP contribution in [0.2, 0.25) is 10.0 Å². The van der Waals surface area contributed by atoms with E-state index >= 15 is 0 Å². The van der Waals surface area contributed by atoms with Crippen molar-refractivity contribution in [3.05, 3.63) is 34.1 Å². The number of nitrogen functional groups attached to an aromatic ring is 1. The van der Waals surface area contributed by atoms with Crippen molar-refractivity contribution in [1.29, 1.82) is 0 Å². The molecule has 0 bridgehead atoms. The summed E-state index contributed by atoms with van der Waals surface area (Å²) >= 11 is 13.1. The molecule has 6 nitrogen and oxygen atoms in total. The van der Waals surface area contributed by atoms with Gasteiger partial charge in [-0.3, -0.25) is 4.79 Å². The average Bonchev–Trinajstić information content (AvgIpc) is 2.82. The molecule has 0 radical (unpaired) electrons. The summed E-state index contributed by atoms with van der Waals surface area (Å²) in [5.41, 5.74) is 0.473. The van der Waals surface area contributed by atoms with Crippen LogP contribution in [0.25, 0.3) is 0 Å². The number of nitrogens with zero attached hydrogens (tertiary/aromatic N) is 3. The first-order chi connectivity index (χ1) is 10.5. The van der Waals surface area contributed by atoms with Gasteiger partial charge in [-0.25, -0.2) is 4.68 Å². The van der Waals surface area contributed by atoms with E-state index in [1.165, 1.54) is 16.4 Å². The number of carbonyl (C=O) groups excluding carboxylic acids is 1. The Bertz CT molecular complexity index is 676. The van der Waals surface area contributed by atoms with Crippen LogP contribution in [0.5, 0.6) is 0 Å². The molecule has 0 saturated carbocycles. The van der Waals surface area contributed by atoms with Crippen LogP contribution in [0.4, 0.5) is 5.69 Å². The number of halogens is 2. The molecule has 0 spiro atoms. The van der Waals surface area contributed by atoms with Crippen LogP contribution in [0, 0.1) is 0 Å². The molecular weight excluding hydrogens is 345 g/mol. The maximum Gasteiger partial charge on any atom is 0.234 e. The van der Waals surface area contributed by atoms with Crippen LogP contribution < -0.4 is 11.2 Å². The van der Waals surface area contributed by atoms with E-state index in [0.717, 1.165) is 12.8 Å². The quantitative estimate of drug-likeness (QED) is 0.611. The van der Waals surface area contributed by atoms with Gasteiger partial charge in [0.25, 0.3) is 0 Å². The number of benzene rings is 1. The summed E-state index contributed by atoms with van der Waals surface area (Å²) in [6.07, 6.45) is 1.67. The number of hydrogen-bond donors (Lipinski definition) is 2. The first-order valence-electron chi connectivity index (χ1n) is 6.58. The van der Waals surface area contributed by atoms with Crippen LogP contribution >= 0.6 is 35.0 Å². The lowest BCUT2D eigenvalue weighted by molar-refractivity contribution is -0.113. The van der Waals surface area contributed by atoms with Crippen molar-refractivity contribution in [2.45, 2.75) is 24.9 Å². The summed E-state index contributed by atoms with van der Waals surface area (Å²) in [5.74, 6) is 6.49. The molecule has 1 aromatic heterocycles. The third kappa shape index (κ3) is 4.28. The molecule has 3 N–H and O–H groups in total. The van der Waals surface area contributed by atoms with Crippen LogP contribution in [0.1, 0.15) is 19.2 Å². The van der Waals surface area contributed by atoms with E-state index in [1.807, 2.05) is 6.92 Å². The Labute approximate surface area is 142 Å². The summed E-state index contributed by atoms with van der Waals surface area (Å²) in [7, 11) is 0. The molecule has 0 aliphatic rings. The zero-order chi connectivity index (χ0) is 16.1. The lowest BCUT2D eigenvalue weighted by Crippen LogP contribution is -2.17. The van der Waals surface area contributed by atoms with E-state index in [1.54, 1.807) is 18.2 Å². The highest BCUT2D eigenvalue weighted by atomic mass is 35.5. The number of anilines is 1. The number of rotatable bonds is 6. The Morgan fingerprint density at radius 2 is 2.18 bits per heavy atom. The standard InChI is InChI=1S/C13H15Cl2N5OS/c1-2-3-11-18-19-13(20(11)16)22-7-12(21)17-10-6-8(14)4-5-9(10)15/h4-6H,2-3,7,16H2,1H3,(H,17,21). The summed E-state index contributed by atoms with van der Waals surface area (Å²) in [6.45, 7) is 2.03. The van der Waals surface area contributed by atoms with Gasteiger partial charge in [0.1, 0.15) is 0 Å². The fourth-order valence-electron chi connectivity index (χ4n) is 1.71. The summed E-state index contributed by atoms with van der Waals surface area (Å²) < 4.78 is 1.41. The van der Waals surface area contributed by atoms with Crippen molar-refractivity contribution in [2.75, 3.05) is 16.9 Å². The molecule has 1 heterocycles. The highest BCUT2D eigenvalue weighted by molar-refractivity contribution is 7.99. The Balaban J connectivity index is 1.94. The van der Waals surface area contributed by atoms with Gasteiger partial charge in [-0.15, -0.1) is 10.2 Å². The first-order valence-corrected chi connectivity index (χ1v) is 8.32. The molecule has 22 heavy (non-hydrogen) atoms. The van der Waals surface area contributed by atoms with Gasteiger partial charge < -0.3 is 11.2 Å². The lowest BCUT2D eigenvalue weighted by atomic mass is 10.3. The Kier molecular flexibility index (Phi) is 5.93. The second-order valence-electron chi connectivity index (χ2n) is 4.48. The number of thioether (sulfide) groups is 1. The molecule has 0 aliphatic carbocycles. The average molecular weight is 360 g/mol. The number of hydrogen-bond acceptors (Lipinski definition) is 5. The van der Waals surface area contributed by atoms with Crippen molar-refractivity contribution >= 4 is 46.6 Å². The highest BCUT2D eigenvalue weighted by Crippen LogP contribution is 2.25. The molecule has 0 saturated heterocycles. The summed E-state index contributed by atoms with van der Waals surface area (Å²) in [4.78, 5) is 12.0. The number of aryl methyl sites for hydroxylation is 1. The summed E-state index contributed by atoms with van der Waals surface area (Å²) in [6, 6.07) is 4.87. The van der Waals surface area contributed by atoms with Crippen molar-refractivity contribution in [2.24, 2.45) is 0 Å². The van der Waals surface area contributed by atoms with Gasteiger partial charge in [-0.1, -0.05) is 41.9 Å². The first kappa shape index (κ1) is 16.9. The molecule has 1 aromatic carbocycles. The predicted molar refractivity (Wildman–Crippen MR) is 90.0 cm³/mol. The van der Waals surface area contributed by atoms with Gasteiger partial charge in [0.2, 0.25) is 11.1 Å². The molecule has 1 amide bonds. The third-order valence-electron chi connectivity index (χ3n) is 2.74. The molecule has 2 aromatic rings. The van der Waals surface area contributed by atoms with E-state index in [0.29, 0.717) is 26.7 Å². The van der Waals surface area contributed by atoms with Gasteiger partial charge in [0, 0.05) is 11.4 Å². The normalized spacial score (nSPS) is 10.7. The largest absolute Gasteiger partial charge is 0.336 e. The number of amides is 1. The highest BCUT2D eigenvalue weighted by Gasteiger charge is 2.12. The van der Waals surface area contributed by atoms with Gasteiger partial charge in [0.05, 0.1) is 16.5 Å². The number of nitrogens with one attached hydrogen (secondary N) is 1. The van der Waals surface area contributed by atoms with Crippen molar-refractivity contribution < 1.29 is 4.79 Å². The van der Waals surface area contributed by atoms with Crippen LogP contribution in [0.15, 0.2) is 23.4 Å². The van der Waals surface area contributed by atoms with Gasteiger partial charge in [0.15, 0.2) is 5.82 Å². The summed E-state index contributed by atoms with van der Waals surface area (Å²) in [5, 5.41) is 12.1. The minimum atomic E-state index is -0.228. The van der Waals surface area contributed by atoms with Gasteiger partial charge in [-0.2, -0.15) is 0 Å². The number of carbonyl (C=O) groups is 1. The zero-order valence-electron chi connectivity index (χ0n) is 11.8. The zero-order valence-corrected chi connectivity index (χ0v) is 14.2. The molecule has 0 unspecified atom stereocenters. The smallest absolute Gasteiger partial charge is 0.234 e. The molecule has 118 valence electrons. The Morgan fingerprint density at radius 1 is 1.41 bits per heavy atom. The SMILES string of the molecule is CCCc1nnc(SCC(=O)Nc2cc(Cl)ccc2Cl)n1N. The monoisotopic (exact) mass is 359 g/mol. The van der Waals surface area contributed by atoms with Crippen molar-refractivity contribution in [1.82, 2.24) is 14.9 Å². The van der Waals surface area contributed by atoms with Crippen LogP contribution in [0.3, 0.4) is 0 Å². The van der Waals surface area contributed by atoms with E-state index in [-0.39, 0.29) is 11.7 Å². The fraction of sp³-hybridized carbons (Fsp3) is 0.308. The van der Waals surface area contributed by atoms with E-state index < -0.39 is 0 Å². The maximum absolute atomic E-state index is 12.0. The Hall–Kier alpha value is -1.44. The molecule has 0 aliphatic heterocycles. The minimum absolute atomic E-state index is 0.143. The van der Waals surface area contributed by atoms with Crippen LogP contribution in [-0.4, -0.2) is 26.5 Å². The fourth-order valence-corrected chi connectivity index (χ4v) is 2.72. The van der Waals surface area contributed by atoms with Gasteiger partial charge >= 0.3 is 0 Å². The van der Waals surface area contributed by atoms with E-state index in [9.17, 15) is 4.79 Å². The molecule has 0 fully saturated rings. The second-order valence-corrected chi connectivity index (χ2v) is 6.27. The van der Waals surface area contributed by atoms with Crippen molar-refractivity contribution in [3.63, 3.8) is 0 Å². The molecule has 0 atom stereocenters. The number of aromatic nitrogens is 3. The minimum Gasteiger partial charge on any atom is -0.336 e. The van der Waals surface area contributed by atoms with E-state index in [4.69, 9.17) is 29.0 Å². The van der Waals surface area contributed by atoms with Gasteiger partial charge in [-0.05, 0) is 24.6 Å². The lowest BCUT2D eigenvalue weighted by Gasteiger charge is -2.07. The predicted octanol–water partition coefficient (Wildman–Crippen LogP) is 2.98. The van der Waals surface area contributed by atoms with Crippen molar-refractivity contribution in [3.8, 4) is 0 Å². The second kappa shape index (κ2) is 7.71. The molecule has 9 heteroatoms. The maximum atomic E-state index is 12.0. The topological polar surface area (TPSA) is 85.8 Å². The molecule has 2 rings (SSSR count).